The van der Waals surface area contributed by atoms with E-state index in [2.05, 4.69) is 23.4 Å². The number of hydrogen-bond acceptors (Lipinski definition) is 4. The van der Waals surface area contributed by atoms with Crippen LogP contribution in [0.1, 0.15) is 0 Å². The van der Waals surface area contributed by atoms with E-state index in [1.807, 2.05) is 0 Å². The van der Waals surface area contributed by atoms with E-state index >= 15 is 0 Å². The second kappa shape index (κ2) is 28.6. The standard InChI is InChI=1S/2C2H4N2.Si/c2*1-2-4-3;/h2*2-3H,1H2;. The molecule has 4 nitrogen and oxygen atoms in total. The molecule has 0 aliphatic rings. The van der Waals surface area contributed by atoms with E-state index in [0.717, 1.165) is 0 Å². The van der Waals surface area contributed by atoms with Crippen LogP contribution < -0.4 is 0 Å². The Balaban J connectivity index is -0.0000000720. The molecule has 0 aromatic heterocycles. The topological polar surface area (TPSA) is 72.4 Å². The van der Waals surface area contributed by atoms with Gasteiger partial charge in [-0.1, -0.05) is 13.2 Å². The lowest BCUT2D eigenvalue weighted by Gasteiger charge is -1.45. The van der Waals surface area contributed by atoms with Crippen LogP contribution in [0.5, 0.6) is 0 Å². The summed E-state index contributed by atoms with van der Waals surface area (Å²) in [5, 5.41) is 5.50. The highest BCUT2D eigenvalue weighted by molar-refractivity contribution is 5.75. The van der Waals surface area contributed by atoms with Gasteiger partial charge in [0.05, 0.1) is 0 Å². The zero-order valence-electron chi connectivity index (χ0n) is 4.96. The molecule has 0 saturated carbocycles. The van der Waals surface area contributed by atoms with Gasteiger partial charge in [0.2, 0.25) is 0 Å². The lowest BCUT2D eigenvalue weighted by molar-refractivity contribution is 1.15. The molecule has 0 aliphatic heterocycles. The van der Waals surface area contributed by atoms with Crippen molar-refractivity contribution < 1.29 is 0 Å². The second-order valence-corrected chi connectivity index (χ2v) is 0.623. The van der Waals surface area contributed by atoms with Crippen molar-refractivity contribution >= 4 is 11.0 Å². The third kappa shape index (κ3) is 206. The Morgan fingerprint density at radius 2 is 1.11 bits per heavy atom. The summed E-state index contributed by atoms with van der Waals surface area (Å²) in [7, 11) is 0. The maximum Gasteiger partial charge on any atom is 0.0416 e. The van der Waals surface area contributed by atoms with E-state index in [4.69, 9.17) is 11.1 Å². The van der Waals surface area contributed by atoms with Crippen LogP contribution in [-0.4, -0.2) is 11.0 Å². The minimum atomic E-state index is 0. The highest BCUT2D eigenvalue weighted by Crippen LogP contribution is 1.53. The molecule has 0 spiro atoms. The van der Waals surface area contributed by atoms with Gasteiger partial charge in [-0.15, -0.1) is 0 Å². The first kappa shape index (κ1) is 15.7. The van der Waals surface area contributed by atoms with Crippen LogP contribution in [0.25, 0.3) is 0 Å². The third-order valence-electron chi connectivity index (χ3n) is 0.183. The van der Waals surface area contributed by atoms with Crippen LogP contribution in [-0.2, 0) is 0 Å². The fourth-order valence-electron chi connectivity index (χ4n) is 0. The van der Waals surface area contributed by atoms with Crippen molar-refractivity contribution in [2.24, 2.45) is 10.2 Å². The lowest BCUT2D eigenvalue weighted by Crippen LogP contribution is -1.21. The Morgan fingerprint density at radius 3 is 1.11 bits per heavy atom. The van der Waals surface area contributed by atoms with Gasteiger partial charge in [0, 0.05) is 23.4 Å². The first-order chi connectivity index (χ1) is 3.83. The summed E-state index contributed by atoms with van der Waals surface area (Å²) in [4.78, 5) is 0. The molecule has 0 heterocycles. The lowest BCUT2D eigenvalue weighted by atomic mass is 11.1. The van der Waals surface area contributed by atoms with Crippen LogP contribution >= 0.6 is 0 Å². The van der Waals surface area contributed by atoms with Crippen LogP contribution in [0.3, 0.4) is 0 Å². The maximum absolute atomic E-state index is 5.96. The molecular formula is C4H8N4Si. The van der Waals surface area contributed by atoms with E-state index in [1.165, 1.54) is 12.4 Å². The summed E-state index contributed by atoms with van der Waals surface area (Å²) in [6.45, 7) is 6.25. The average molecular weight is 140 g/mol. The molecule has 0 amide bonds. The molecule has 0 bridgehead atoms. The van der Waals surface area contributed by atoms with Crippen LogP contribution in [0, 0.1) is 11.1 Å². The molecule has 0 unspecified atom stereocenters. The number of nitrogens with zero attached hydrogens (tertiary/aromatic N) is 2. The van der Waals surface area contributed by atoms with Gasteiger partial charge in [0.15, 0.2) is 0 Å². The average Bonchev–Trinajstić information content (AvgIpc) is 1.88. The highest BCUT2D eigenvalue weighted by atomic mass is 28.1. The fourth-order valence-corrected chi connectivity index (χ4v) is 0. The smallest absolute Gasteiger partial charge is 0.0416 e. The van der Waals surface area contributed by atoms with E-state index in [1.54, 1.807) is 0 Å². The predicted octanol–water partition coefficient (Wildman–Crippen LogP) is 1.94. The molecule has 48 valence electrons. The van der Waals surface area contributed by atoms with Gasteiger partial charge in [-0.05, 0) is 0 Å². The molecule has 0 aromatic rings. The van der Waals surface area contributed by atoms with Crippen molar-refractivity contribution in [2.45, 2.75) is 0 Å². The Labute approximate surface area is 58.7 Å². The Hall–Kier alpha value is -1.10. The summed E-state index contributed by atoms with van der Waals surface area (Å²) < 4.78 is 0. The number of rotatable bonds is 2. The summed E-state index contributed by atoms with van der Waals surface area (Å²) in [5.41, 5.74) is 11.9. The minimum Gasteiger partial charge on any atom is -0.205 e. The molecule has 4 radical (unpaired) electrons. The minimum absolute atomic E-state index is 0. The first-order valence-electron chi connectivity index (χ1n) is 1.78. The molecule has 2 N–H and O–H groups in total. The molecule has 0 fully saturated rings. The summed E-state index contributed by atoms with van der Waals surface area (Å²) >= 11 is 0. The van der Waals surface area contributed by atoms with Gasteiger partial charge in [0.1, 0.15) is 0 Å². The summed E-state index contributed by atoms with van der Waals surface area (Å²) in [6.07, 6.45) is 2.33. The number of nitrogens with one attached hydrogen (secondary N) is 2. The first-order valence-corrected chi connectivity index (χ1v) is 1.78. The van der Waals surface area contributed by atoms with Gasteiger partial charge in [-0.3, -0.25) is 0 Å². The molecule has 5 heteroatoms. The monoisotopic (exact) mass is 140 g/mol. The van der Waals surface area contributed by atoms with Crippen LogP contribution in [0.4, 0.5) is 0 Å². The predicted molar refractivity (Wildman–Crippen MR) is 36.4 cm³/mol. The Kier molecular flexibility index (Phi) is 49.7. The van der Waals surface area contributed by atoms with Gasteiger partial charge in [-0.2, -0.15) is 10.2 Å². The molecule has 9 heavy (non-hydrogen) atoms. The molecule has 0 saturated heterocycles. The highest BCUT2D eigenvalue weighted by Gasteiger charge is 1.30. The molecule has 0 rings (SSSR count). The Morgan fingerprint density at radius 1 is 1.00 bits per heavy atom. The zero-order valence-corrected chi connectivity index (χ0v) is 5.96. The van der Waals surface area contributed by atoms with Crippen molar-refractivity contribution in [1.82, 2.24) is 0 Å². The van der Waals surface area contributed by atoms with Crippen LogP contribution in [0.2, 0.25) is 0 Å². The summed E-state index contributed by atoms with van der Waals surface area (Å²) in [5.74, 6) is 0. The maximum atomic E-state index is 5.96. The van der Waals surface area contributed by atoms with Crippen molar-refractivity contribution in [1.29, 1.82) is 11.1 Å². The van der Waals surface area contributed by atoms with Crippen molar-refractivity contribution in [3.05, 3.63) is 25.6 Å². The summed E-state index contributed by atoms with van der Waals surface area (Å²) in [6, 6.07) is 0. The van der Waals surface area contributed by atoms with Gasteiger partial charge in [0.25, 0.3) is 0 Å². The van der Waals surface area contributed by atoms with E-state index < -0.39 is 0 Å². The largest absolute Gasteiger partial charge is 0.205 e. The quantitative estimate of drug-likeness (QED) is 0.434. The third-order valence-corrected chi connectivity index (χ3v) is 0.183. The van der Waals surface area contributed by atoms with E-state index in [0.29, 0.717) is 0 Å². The zero-order chi connectivity index (χ0) is 6.83. The van der Waals surface area contributed by atoms with Gasteiger partial charge >= 0.3 is 0 Å². The molecule has 0 aliphatic carbocycles. The normalized spacial score (nSPS) is 4.44. The Bertz CT molecular complexity index is 66.6. The molecule has 0 aromatic carbocycles. The van der Waals surface area contributed by atoms with Crippen LogP contribution in [0.15, 0.2) is 35.8 Å². The van der Waals surface area contributed by atoms with E-state index in [9.17, 15) is 0 Å². The number of hydrogen-bond donors (Lipinski definition) is 2. The molecule has 0 atom stereocenters. The molecular weight excluding hydrogens is 132 g/mol. The van der Waals surface area contributed by atoms with E-state index in [-0.39, 0.29) is 11.0 Å². The SMILES string of the molecule is C=CN=N.C=CN=N.[Si]. The van der Waals surface area contributed by atoms with Gasteiger partial charge < -0.3 is 0 Å². The van der Waals surface area contributed by atoms with Crippen molar-refractivity contribution in [2.75, 3.05) is 0 Å². The van der Waals surface area contributed by atoms with Gasteiger partial charge in [-0.25, -0.2) is 11.1 Å². The fraction of sp³-hybridized carbons (Fsp3) is 0. The van der Waals surface area contributed by atoms with Crippen molar-refractivity contribution in [3.8, 4) is 0 Å². The van der Waals surface area contributed by atoms with Crippen molar-refractivity contribution in [3.63, 3.8) is 0 Å². The second-order valence-electron chi connectivity index (χ2n) is 0.623.